The molecule has 0 bridgehead atoms. The smallest absolute Gasteiger partial charge is 0.335 e. The van der Waals surface area contributed by atoms with Gasteiger partial charge in [0.25, 0.3) is 0 Å². The Kier molecular flexibility index (Phi) is 5.94. The summed E-state index contributed by atoms with van der Waals surface area (Å²) in [6.07, 6.45) is 0. The van der Waals surface area contributed by atoms with Crippen LogP contribution in [0.2, 0.25) is 5.02 Å². The third kappa shape index (κ3) is 5.58. The van der Waals surface area contributed by atoms with Crippen LogP contribution in [0.1, 0.15) is 10.4 Å². The molecule has 10 heteroatoms. The minimum Gasteiger partial charge on any atom is -0.478 e. The van der Waals surface area contributed by atoms with Crippen molar-refractivity contribution in [2.24, 2.45) is 0 Å². The van der Waals surface area contributed by atoms with Gasteiger partial charge >= 0.3 is 12.0 Å². The average molecular weight is 336 g/mol. The zero-order valence-corrected chi connectivity index (χ0v) is 12.6. The number of carbonyl (C=O) groups excluding carboxylic acids is 1. The molecular formula is C11H14ClN3O5S. The predicted molar refractivity (Wildman–Crippen MR) is 78.3 cm³/mol. The van der Waals surface area contributed by atoms with E-state index in [1.807, 2.05) is 0 Å². The van der Waals surface area contributed by atoms with Gasteiger partial charge in [0.1, 0.15) is 0 Å². The molecule has 116 valence electrons. The summed E-state index contributed by atoms with van der Waals surface area (Å²) in [5.41, 5.74) is 0.0815. The number of amides is 2. The number of benzene rings is 1. The SMILES string of the molecule is CNS(=O)(=O)CCNC(=O)Nc1cc(C(=O)O)ccc1Cl. The second-order valence-corrected chi connectivity index (χ2v) is 6.36. The number of halogens is 1. The van der Waals surface area contributed by atoms with Crippen molar-refractivity contribution in [2.75, 3.05) is 24.7 Å². The second-order valence-electron chi connectivity index (χ2n) is 3.90. The van der Waals surface area contributed by atoms with E-state index in [-0.39, 0.29) is 28.6 Å². The Hall–Kier alpha value is -1.84. The molecule has 0 aliphatic rings. The van der Waals surface area contributed by atoms with E-state index in [0.717, 1.165) is 0 Å². The number of urea groups is 1. The summed E-state index contributed by atoms with van der Waals surface area (Å²) in [6.45, 7) is -0.106. The molecule has 0 heterocycles. The molecule has 0 fully saturated rings. The third-order valence-corrected chi connectivity index (χ3v) is 4.12. The van der Waals surface area contributed by atoms with E-state index < -0.39 is 22.0 Å². The molecule has 4 N–H and O–H groups in total. The molecule has 0 aliphatic carbocycles. The van der Waals surface area contributed by atoms with E-state index in [1.54, 1.807) is 0 Å². The maximum atomic E-state index is 11.6. The molecule has 0 saturated carbocycles. The van der Waals surface area contributed by atoms with E-state index in [2.05, 4.69) is 15.4 Å². The van der Waals surface area contributed by atoms with Gasteiger partial charge < -0.3 is 15.7 Å². The van der Waals surface area contributed by atoms with Gasteiger partial charge in [0.15, 0.2) is 0 Å². The van der Waals surface area contributed by atoms with Crippen molar-refractivity contribution in [1.29, 1.82) is 0 Å². The quantitative estimate of drug-likeness (QED) is 0.609. The highest BCUT2D eigenvalue weighted by molar-refractivity contribution is 7.89. The van der Waals surface area contributed by atoms with Gasteiger partial charge in [-0.1, -0.05) is 11.6 Å². The highest BCUT2D eigenvalue weighted by Gasteiger charge is 2.11. The van der Waals surface area contributed by atoms with E-state index in [9.17, 15) is 18.0 Å². The van der Waals surface area contributed by atoms with Crippen LogP contribution >= 0.6 is 11.6 Å². The fourth-order valence-electron chi connectivity index (χ4n) is 1.32. The fraction of sp³-hybridized carbons (Fsp3) is 0.273. The number of hydrogen-bond donors (Lipinski definition) is 4. The van der Waals surface area contributed by atoms with Crippen molar-refractivity contribution in [2.45, 2.75) is 0 Å². The van der Waals surface area contributed by atoms with Gasteiger partial charge in [-0.25, -0.2) is 22.7 Å². The van der Waals surface area contributed by atoms with Crippen LogP contribution < -0.4 is 15.4 Å². The molecule has 1 aromatic carbocycles. The minimum atomic E-state index is -3.41. The summed E-state index contributed by atoms with van der Waals surface area (Å²) < 4.78 is 24.4. The monoisotopic (exact) mass is 335 g/mol. The summed E-state index contributed by atoms with van der Waals surface area (Å²) >= 11 is 5.83. The van der Waals surface area contributed by atoms with Crippen LogP contribution in [0.3, 0.4) is 0 Å². The van der Waals surface area contributed by atoms with Crippen molar-refractivity contribution in [3.63, 3.8) is 0 Å². The number of sulfonamides is 1. The first-order chi connectivity index (χ1) is 9.75. The van der Waals surface area contributed by atoms with E-state index in [0.29, 0.717) is 0 Å². The average Bonchev–Trinajstić information content (AvgIpc) is 2.40. The molecule has 0 radical (unpaired) electrons. The lowest BCUT2D eigenvalue weighted by atomic mass is 10.2. The summed E-state index contributed by atoms with van der Waals surface area (Å²) in [4.78, 5) is 22.4. The Morgan fingerprint density at radius 1 is 1.33 bits per heavy atom. The lowest BCUT2D eigenvalue weighted by Crippen LogP contribution is -2.35. The van der Waals surface area contributed by atoms with E-state index >= 15 is 0 Å². The molecule has 0 unspecified atom stereocenters. The van der Waals surface area contributed by atoms with Gasteiger partial charge in [-0.3, -0.25) is 0 Å². The van der Waals surface area contributed by atoms with Crippen molar-refractivity contribution < 1.29 is 23.1 Å². The summed E-state index contributed by atoms with van der Waals surface area (Å²) in [5, 5.41) is 13.7. The standard InChI is InChI=1S/C11H14ClN3O5S/c1-13-21(19,20)5-4-14-11(18)15-9-6-7(10(16)17)2-3-8(9)12/h2-3,6,13H,4-5H2,1H3,(H,16,17)(H2,14,15,18). The molecule has 0 aliphatic heterocycles. The van der Waals surface area contributed by atoms with Gasteiger partial charge in [0.05, 0.1) is 22.0 Å². The maximum absolute atomic E-state index is 11.6. The van der Waals surface area contributed by atoms with Gasteiger partial charge in [-0.15, -0.1) is 0 Å². The number of carboxylic acids is 1. The van der Waals surface area contributed by atoms with Crippen molar-refractivity contribution in [1.82, 2.24) is 10.0 Å². The molecule has 21 heavy (non-hydrogen) atoms. The number of anilines is 1. The van der Waals surface area contributed by atoms with Gasteiger partial charge in [0, 0.05) is 6.54 Å². The first kappa shape index (κ1) is 17.2. The fourth-order valence-corrected chi connectivity index (χ4v) is 2.06. The Balaban J connectivity index is 2.63. The molecule has 1 rings (SSSR count). The Bertz CT molecular complexity index is 647. The normalized spacial score (nSPS) is 11.0. The number of carbonyl (C=O) groups is 2. The van der Waals surface area contributed by atoms with E-state index in [4.69, 9.17) is 16.7 Å². The van der Waals surface area contributed by atoms with Crippen LogP contribution in [-0.2, 0) is 10.0 Å². The lowest BCUT2D eigenvalue weighted by Gasteiger charge is -2.09. The summed E-state index contributed by atoms with van der Waals surface area (Å²) in [5.74, 6) is -1.44. The first-order valence-electron chi connectivity index (χ1n) is 5.74. The number of carboxylic acid groups (broad SMARTS) is 1. The Morgan fingerprint density at radius 2 is 2.00 bits per heavy atom. The number of nitrogens with one attached hydrogen (secondary N) is 3. The molecular weight excluding hydrogens is 322 g/mol. The molecule has 0 atom stereocenters. The van der Waals surface area contributed by atoms with E-state index in [1.165, 1.54) is 25.2 Å². The molecule has 0 saturated heterocycles. The lowest BCUT2D eigenvalue weighted by molar-refractivity contribution is 0.0697. The highest BCUT2D eigenvalue weighted by atomic mass is 35.5. The zero-order chi connectivity index (χ0) is 16.0. The number of aromatic carboxylic acids is 1. The van der Waals surface area contributed by atoms with Gasteiger partial charge in [-0.05, 0) is 25.2 Å². The molecule has 2 amide bonds. The Labute approximate surface area is 126 Å². The summed E-state index contributed by atoms with van der Waals surface area (Å²) in [6, 6.07) is 3.15. The number of rotatable bonds is 6. The van der Waals surface area contributed by atoms with Gasteiger partial charge in [-0.2, -0.15) is 0 Å². The van der Waals surface area contributed by atoms with Gasteiger partial charge in [0.2, 0.25) is 10.0 Å². The van der Waals surface area contributed by atoms with Crippen LogP contribution in [0.15, 0.2) is 18.2 Å². The first-order valence-corrected chi connectivity index (χ1v) is 7.77. The van der Waals surface area contributed by atoms with Crippen LogP contribution in [-0.4, -0.2) is 44.9 Å². The molecule has 1 aromatic rings. The van der Waals surface area contributed by atoms with Crippen LogP contribution in [0.4, 0.5) is 10.5 Å². The van der Waals surface area contributed by atoms with Crippen molar-refractivity contribution in [3.05, 3.63) is 28.8 Å². The van der Waals surface area contributed by atoms with Crippen LogP contribution in [0.5, 0.6) is 0 Å². The highest BCUT2D eigenvalue weighted by Crippen LogP contribution is 2.22. The summed E-state index contributed by atoms with van der Waals surface area (Å²) in [7, 11) is -2.14. The third-order valence-electron chi connectivity index (χ3n) is 2.43. The molecule has 0 aromatic heterocycles. The number of hydrogen-bond acceptors (Lipinski definition) is 4. The van der Waals surface area contributed by atoms with Crippen molar-refractivity contribution in [3.8, 4) is 0 Å². The van der Waals surface area contributed by atoms with Crippen LogP contribution in [0.25, 0.3) is 0 Å². The minimum absolute atomic E-state index is 0.0348. The van der Waals surface area contributed by atoms with Crippen molar-refractivity contribution >= 4 is 39.3 Å². The predicted octanol–water partition coefficient (Wildman–Crippen LogP) is 0.709. The molecule has 0 spiro atoms. The second kappa shape index (κ2) is 7.25. The largest absolute Gasteiger partial charge is 0.478 e. The zero-order valence-electron chi connectivity index (χ0n) is 11.0. The Morgan fingerprint density at radius 3 is 2.57 bits per heavy atom. The topological polar surface area (TPSA) is 125 Å². The maximum Gasteiger partial charge on any atom is 0.335 e. The van der Waals surface area contributed by atoms with Crippen LogP contribution in [0, 0.1) is 0 Å². The molecule has 8 nitrogen and oxygen atoms in total.